The SMILES string of the molecule is COCCN(CC(=O)Nc1ccon1)C(=O)C(C)(C)C. The number of aromatic nitrogens is 1. The Kier molecular flexibility index (Phi) is 5.69. The molecule has 0 spiro atoms. The maximum atomic E-state index is 12.3. The number of methoxy groups -OCH3 is 1. The van der Waals surface area contributed by atoms with E-state index >= 15 is 0 Å². The van der Waals surface area contributed by atoms with Gasteiger partial charge in [-0.2, -0.15) is 0 Å². The third kappa shape index (κ3) is 5.00. The Morgan fingerprint density at radius 2 is 2.15 bits per heavy atom. The van der Waals surface area contributed by atoms with Crippen LogP contribution < -0.4 is 5.32 Å². The molecule has 1 rings (SSSR count). The highest BCUT2D eigenvalue weighted by molar-refractivity contribution is 5.94. The predicted octanol–water partition coefficient (Wildman–Crippen LogP) is 1.13. The Labute approximate surface area is 118 Å². The van der Waals surface area contributed by atoms with Gasteiger partial charge < -0.3 is 19.5 Å². The van der Waals surface area contributed by atoms with Crippen LogP contribution in [0.5, 0.6) is 0 Å². The summed E-state index contributed by atoms with van der Waals surface area (Å²) in [7, 11) is 1.55. The largest absolute Gasteiger partial charge is 0.383 e. The van der Waals surface area contributed by atoms with Crippen LogP contribution in [-0.4, -0.2) is 48.7 Å². The number of hydrogen-bond donors (Lipinski definition) is 1. The summed E-state index contributed by atoms with van der Waals surface area (Å²) in [5.74, 6) is -0.109. The fourth-order valence-electron chi connectivity index (χ4n) is 1.56. The lowest BCUT2D eigenvalue weighted by Gasteiger charge is -2.28. The van der Waals surface area contributed by atoms with E-state index in [2.05, 4.69) is 15.0 Å². The third-order valence-corrected chi connectivity index (χ3v) is 2.53. The Morgan fingerprint density at radius 3 is 2.65 bits per heavy atom. The molecule has 0 aliphatic carbocycles. The lowest BCUT2D eigenvalue weighted by molar-refractivity contribution is -0.142. The first-order valence-corrected chi connectivity index (χ1v) is 6.33. The van der Waals surface area contributed by atoms with Crippen LogP contribution in [0, 0.1) is 5.41 Å². The van der Waals surface area contributed by atoms with Crippen LogP contribution in [0.15, 0.2) is 16.9 Å². The molecule has 2 amide bonds. The Hall–Kier alpha value is -1.89. The zero-order chi connectivity index (χ0) is 15.2. The van der Waals surface area contributed by atoms with E-state index < -0.39 is 5.41 Å². The van der Waals surface area contributed by atoms with E-state index in [-0.39, 0.29) is 18.4 Å². The summed E-state index contributed by atoms with van der Waals surface area (Å²) in [6.07, 6.45) is 1.36. The highest BCUT2D eigenvalue weighted by atomic mass is 16.5. The molecule has 0 saturated heterocycles. The number of rotatable bonds is 6. The van der Waals surface area contributed by atoms with Gasteiger partial charge in [-0.05, 0) is 0 Å². The highest BCUT2D eigenvalue weighted by Crippen LogP contribution is 2.17. The minimum Gasteiger partial charge on any atom is -0.383 e. The van der Waals surface area contributed by atoms with Crippen molar-refractivity contribution in [3.05, 3.63) is 12.3 Å². The van der Waals surface area contributed by atoms with Crippen molar-refractivity contribution in [1.29, 1.82) is 0 Å². The predicted molar refractivity (Wildman–Crippen MR) is 73.0 cm³/mol. The van der Waals surface area contributed by atoms with Crippen molar-refractivity contribution in [1.82, 2.24) is 10.1 Å². The number of anilines is 1. The van der Waals surface area contributed by atoms with Gasteiger partial charge in [-0.25, -0.2) is 0 Å². The maximum Gasteiger partial charge on any atom is 0.245 e. The van der Waals surface area contributed by atoms with Crippen LogP contribution in [0.3, 0.4) is 0 Å². The number of hydrogen-bond acceptors (Lipinski definition) is 5. The standard InChI is InChI=1S/C13H21N3O4/c1-13(2,3)12(18)16(6-8-19-4)9-11(17)14-10-5-7-20-15-10/h5,7H,6,8-9H2,1-4H3,(H,14,15,17). The zero-order valence-corrected chi connectivity index (χ0v) is 12.3. The molecule has 112 valence electrons. The number of nitrogens with zero attached hydrogens (tertiary/aromatic N) is 2. The summed E-state index contributed by atoms with van der Waals surface area (Å²) < 4.78 is 9.59. The monoisotopic (exact) mass is 283 g/mol. The molecular formula is C13H21N3O4. The summed E-state index contributed by atoms with van der Waals surface area (Å²) in [5, 5.41) is 6.14. The number of nitrogens with one attached hydrogen (secondary N) is 1. The van der Waals surface area contributed by atoms with Gasteiger partial charge in [-0.15, -0.1) is 0 Å². The van der Waals surface area contributed by atoms with Gasteiger partial charge in [0.1, 0.15) is 12.8 Å². The van der Waals surface area contributed by atoms with E-state index in [9.17, 15) is 9.59 Å². The van der Waals surface area contributed by atoms with E-state index in [1.165, 1.54) is 17.2 Å². The van der Waals surface area contributed by atoms with Crippen LogP contribution in [0.1, 0.15) is 20.8 Å². The molecule has 0 radical (unpaired) electrons. The van der Waals surface area contributed by atoms with Crippen molar-refractivity contribution in [2.45, 2.75) is 20.8 Å². The molecule has 7 nitrogen and oxygen atoms in total. The molecule has 1 aromatic heterocycles. The first-order chi connectivity index (χ1) is 9.34. The van der Waals surface area contributed by atoms with E-state index in [1.807, 2.05) is 20.8 Å². The van der Waals surface area contributed by atoms with Crippen molar-refractivity contribution in [2.24, 2.45) is 5.41 Å². The fraction of sp³-hybridized carbons (Fsp3) is 0.615. The smallest absolute Gasteiger partial charge is 0.245 e. The maximum absolute atomic E-state index is 12.3. The molecule has 0 atom stereocenters. The molecule has 0 saturated carbocycles. The third-order valence-electron chi connectivity index (χ3n) is 2.53. The Balaban J connectivity index is 2.64. The molecule has 1 N–H and O–H groups in total. The molecule has 0 bridgehead atoms. The van der Waals surface area contributed by atoms with Gasteiger partial charge in [0.05, 0.1) is 6.61 Å². The van der Waals surface area contributed by atoms with Gasteiger partial charge in [0.15, 0.2) is 5.82 Å². The normalized spacial score (nSPS) is 11.2. The molecule has 0 unspecified atom stereocenters. The molecule has 0 fully saturated rings. The molecule has 0 aliphatic heterocycles. The fourth-order valence-corrected chi connectivity index (χ4v) is 1.56. The van der Waals surface area contributed by atoms with Crippen molar-refractivity contribution >= 4 is 17.6 Å². The van der Waals surface area contributed by atoms with Crippen LogP contribution in [0.25, 0.3) is 0 Å². The van der Waals surface area contributed by atoms with Crippen LogP contribution >= 0.6 is 0 Å². The van der Waals surface area contributed by atoms with E-state index in [4.69, 9.17) is 4.74 Å². The van der Waals surface area contributed by atoms with Gasteiger partial charge in [0, 0.05) is 25.1 Å². The molecule has 0 aromatic carbocycles. The number of amides is 2. The topological polar surface area (TPSA) is 84.7 Å². The summed E-state index contributed by atoms with van der Waals surface area (Å²) in [4.78, 5) is 25.6. The average molecular weight is 283 g/mol. The van der Waals surface area contributed by atoms with E-state index in [0.29, 0.717) is 19.0 Å². The van der Waals surface area contributed by atoms with Crippen LogP contribution in [0.2, 0.25) is 0 Å². The zero-order valence-electron chi connectivity index (χ0n) is 12.3. The first kappa shape index (κ1) is 16.2. The van der Waals surface area contributed by atoms with E-state index in [1.54, 1.807) is 7.11 Å². The molecule has 1 heterocycles. The van der Waals surface area contributed by atoms with Gasteiger partial charge in [-0.3, -0.25) is 9.59 Å². The van der Waals surface area contributed by atoms with Crippen molar-refractivity contribution in [2.75, 3.05) is 32.1 Å². The molecular weight excluding hydrogens is 262 g/mol. The molecule has 1 aromatic rings. The minimum absolute atomic E-state index is 0.0493. The first-order valence-electron chi connectivity index (χ1n) is 6.33. The second kappa shape index (κ2) is 7.04. The van der Waals surface area contributed by atoms with Gasteiger partial charge in [0.2, 0.25) is 11.8 Å². The summed E-state index contributed by atoms with van der Waals surface area (Å²) in [5.41, 5.74) is -0.554. The van der Waals surface area contributed by atoms with Crippen molar-refractivity contribution in [3.63, 3.8) is 0 Å². The quantitative estimate of drug-likeness (QED) is 0.846. The number of carbonyl (C=O) groups excluding carboxylic acids is 2. The Morgan fingerprint density at radius 1 is 1.45 bits per heavy atom. The average Bonchev–Trinajstić information content (AvgIpc) is 2.85. The second-order valence-corrected chi connectivity index (χ2v) is 5.40. The lowest BCUT2D eigenvalue weighted by Crippen LogP contribution is -2.45. The van der Waals surface area contributed by atoms with Gasteiger partial charge in [0.25, 0.3) is 0 Å². The van der Waals surface area contributed by atoms with Crippen molar-refractivity contribution < 1.29 is 18.8 Å². The van der Waals surface area contributed by atoms with Crippen LogP contribution in [0.4, 0.5) is 5.82 Å². The summed E-state index contributed by atoms with van der Waals surface area (Å²) in [6, 6.07) is 1.53. The summed E-state index contributed by atoms with van der Waals surface area (Å²) >= 11 is 0. The van der Waals surface area contributed by atoms with Crippen molar-refractivity contribution in [3.8, 4) is 0 Å². The highest BCUT2D eigenvalue weighted by Gasteiger charge is 2.28. The lowest BCUT2D eigenvalue weighted by atomic mass is 9.94. The Bertz CT molecular complexity index is 437. The van der Waals surface area contributed by atoms with Crippen LogP contribution in [-0.2, 0) is 14.3 Å². The minimum atomic E-state index is -0.554. The number of ether oxygens (including phenoxy) is 1. The number of carbonyl (C=O) groups is 2. The molecule has 0 aliphatic rings. The van der Waals surface area contributed by atoms with Gasteiger partial charge in [-0.1, -0.05) is 25.9 Å². The molecule has 20 heavy (non-hydrogen) atoms. The second-order valence-electron chi connectivity index (χ2n) is 5.40. The molecule has 7 heteroatoms. The summed E-state index contributed by atoms with van der Waals surface area (Å²) in [6.45, 7) is 6.12. The van der Waals surface area contributed by atoms with Gasteiger partial charge >= 0.3 is 0 Å². The van der Waals surface area contributed by atoms with E-state index in [0.717, 1.165) is 0 Å².